The number of anilines is 1. The Hall–Kier alpha value is -1.95. The summed E-state index contributed by atoms with van der Waals surface area (Å²) >= 11 is 1.67. The van der Waals surface area contributed by atoms with Crippen molar-refractivity contribution in [2.24, 2.45) is 5.92 Å². The highest BCUT2D eigenvalue weighted by molar-refractivity contribution is 7.10. The van der Waals surface area contributed by atoms with Crippen molar-refractivity contribution in [3.05, 3.63) is 41.0 Å². The minimum atomic E-state index is 0.0122. The summed E-state index contributed by atoms with van der Waals surface area (Å²) in [6.07, 6.45) is 7.05. The van der Waals surface area contributed by atoms with E-state index in [4.69, 9.17) is 0 Å². The first-order chi connectivity index (χ1) is 10.7. The van der Waals surface area contributed by atoms with E-state index in [9.17, 15) is 4.79 Å². The maximum atomic E-state index is 12.5. The lowest BCUT2D eigenvalue weighted by atomic mass is 9.97. The number of nitrogens with one attached hydrogen (secondary N) is 1. The van der Waals surface area contributed by atoms with Crippen LogP contribution in [-0.2, 0) is 4.79 Å². The molecular weight excluding hydrogens is 296 g/mol. The van der Waals surface area contributed by atoms with Crippen molar-refractivity contribution in [1.29, 1.82) is 0 Å². The molecule has 0 unspecified atom stereocenters. The molecule has 1 aliphatic rings. The van der Waals surface area contributed by atoms with Crippen LogP contribution in [-0.4, -0.2) is 29.0 Å². The molecule has 1 aliphatic heterocycles. The zero-order chi connectivity index (χ0) is 15.4. The van der Waals surface area contributed by atoms with Gasteiger partial charge < -0.3 is 10.2 Å². The zero-order valence-corrected chi connectivity index (χ0v) is 13.4. The van der Waals surface area contributed by atoms with Gasteiger partial charge in [-0.05, 0) is 31.2 Å². The first kappa shape index (κ1) is 15.0. The van der Waals surface area contributed by atoms with Gasteiger partial charge in [0.2, 0.25) is 5.91 Å². The molecule has 3 rings (SSSR count). The van der Waals surface area contributed by atoms with Gasteiger partial charge in [0, 0.05) is 30.4 Å². The largest absolute Gasteiger partial charge is 0.355 e. The summed E-state index contributed by atoms with van der Waals surface area (Å²) in [4.78, 5) is 24.3. The van der Waals surface area contributed by atoms with Crippen LogP contribution in [0.1, 0.15) is 30.7 Å². The Balaban J connectivity index is 1.61. The number of piperidine rings is 1. The van der Waals surface area contributed by atoms with E-state index < -0.39 is 0 Å². The summed E-state index contributed by atoms with van der Waals surface area (Å²) in [5.41, 5.74) is 0. The molecule has 3 heterocycles. The third-order valence-electron chi connectivity index (χ3n) is 3.99. The summed E-state index contributed by atoms with van der Waals surface area (Å²) in [7, 11) is 0. The van der Waals surface area contributed by atoms with E-state index in [2.05, 4.69) is 26.3 Å². The fraction of sp³-hybridized carbons (Fsp3) is 0.438. The highest BCUT2D eigenvalue weighted by Crippen LogP contribution is 2.23. The van der Waals surface area contributed by atoms with Crippen LogP contribution in [0.2, 0.25) is 0 Å². The predicted octanol–water partition coefficient (Wildman–Crippen LogP) is 2.63. The average Bonchev–Trinajstić information content (AvgIpc) is 3.10. The summed E-state index contributed by atoms with van der Waals surface area (Å²) in [6.45, 7) is 3.68. The van der Waals surface area contributed by atoms with E-state index in [0.29, 0.717) is 6.54 Å². The minimum absolute atomic E-state index is 0.0122. The molecule has 0 radical (unpaired) electrons. The molecule has 1 amide bonds. The normalized spacial score (nSPS) is 19.7. The molecule has 1 saturated heterocycles. The molecule has 5 nitrogen and oxygen atoms in total. The summed E-state index contributed by atoms with van der Waals surface area (Å²) in [6, 6.07) is 4.14. The third kappa shape index (κ3) is 3.44. The van der Waals surface area contributed by atoms with Gasteiger partial charge >= 0.3 is 0 Å². The van der Waals surface area contributed by atoms with Gasteiger partial charge in [-0.25, -0.2) is 4.98 Å². The SMILES string of the molecule is C[C@@H](NC(=O)[C@@H]1CCCN(c2cnccn2)C1)c1cccs1. The molecule has 1 fully saturated rings. The lowest BCUT2D eigenvalue weighted by Crippen LogP contribution is -2.43. The molecule has 116 valence electrons. The number of rotatable bonds is 4. The lowest BCUT2D eigenvalue weighted by molar-refractivity contribution is -0.125. The van der Waals surface area contributed by atoms with Crippen LogP contribution in [0.3, 0.4) is 0 Å². The van der Waals surface area contributed by atoms with Crippen LogP contribution in [0.15, 0.2) is 36.1 Å². The zero-order valence-electron chi connectivity index (χ0n) is 12.6. The molecule has 0 spiro atoms. The van der Waals surface area contributed by atoms with Crippen molar-refractivity contribution < 1.29 is 4.79 Å². The number of nitrogens with zero attached hydrogens (tertiary/aromatic N) is 3. The van der Waals surface area contributed by atoms with Crippen LogP contribution in [0.4, 0.5) is 5.82 Å². The van der Waals surface area contributed by atoms with E-state index >= 15 is 0 Å². The first-order valence-corrected chi connectivity index (χ1v) is 8.47. The van der Waals surface area contributed by atoms with Crippen molar-refractivity contribution >= 4 is 23.1 Å². The highest BCUT2D eigenvalue weighted by Gasteiger charge is 2.27. The van der Waals surface area contributed by atoms with Crippen LogP contribution in [0.25, 0.3) is 0 Å². The Morgan fingerprint density at radius 1 is 1.50 bits per heavy atom. The molecule has 0 saturated carbocycles. The Morgan fingerprint density at radius 3 is 3.14 bits per heavy atom. The number of amides is 1. The second kappa shape index (κ2) is 6.87. The number of carbonyl (C=O) groups is 1. The van der Waals surface area contributed by atoms with Gasteiger partial charge in [-0.1, -0.05) is 6.07 Å². The number of aromatic nitrogens is 2. The van der Waals surface area contributed by atoms with Gasteiger partial charge in [-0.2, -0.15) is 0 Å². The number of carbonyl (C=O) groups excluding carboxylic acids is 1. The minimum Gasteiger partial charge on any atom is -0.355 e. The van der Waals surface area contributed by atoms with Crippen molar-refractivity contribution in [2.75, 3.05) is 18.0 Å². The van der Waals surface area contributed by atoms with Gasteiger partial charge in [-0.3, -0.25) is 9.78 Å². The van der Waals surface area contributed by atoms with Gasteiger partial charge in [0.25, 0.3) is 0 Å². The summed E-state index contributed by atoms with van der Waals surface area (Å²) in [5, 5.41) is 5.17. The molecule has 22 heavy (non-hydrogen) atoms. The van der Waals surface area contributed by atoms with E-state index in [-0.39, 0.29) is 17.9 Å². The molecule has 1 N–H and O–H groups in total. The smallest absolute Gasteiger partial charge is 0.225 e. The maximum absolute atomic E-state index is 12.5. The Kier molecular flexibility index (Phi) is 4.68. The van der Waals surface area contributed by atoms with Gasteiger partial charge in [-0.15, -0.1) is 11.3 Å². The van der Waals surface area contributed by atoms with Gasteiger partial charge in [0.05, 0.1) is 18.2 Å². The van der Waals surface area contributed by atoms with E-state index in [1.54, 1.807) is 29.9 Å². The van der Waals surface area contributed by atoms with Crippen molar-refractivity contribution in [3.63, 3.8) is 0 Å². The second-order valence-corrected chi connectivity index (χ2v) is 6.57. The summed E-state index contributed by atoms with van der Waals surface area (Å²) in [5.74, 6) is 0.999. The van der Waals surface area contributed by atoms with E-state index in [1.807, 2.05) is 18.4 Å². The lowest BCUT2D eigenvalue weighted by Gasteiger charge is -2.33. The molecule has 0 bridgehead atoms. The predicted molar refractivity (Wildman–Crippen MR) is 87.8 cm³/mol. The van der Waals surface area contributed by atoms with Crippen molar-refractivity contribution in [3.8, 4) is 0 Å². The van der Waals surface area contributed by atoms with E-state index in [0.717, 1.165) is 25.2 Å². The van der Waals surface area contributed by atoms with E-state index in [1.165, 1.54) is 4.88 Å². The first-order valence-electron chi connectivity index (χ1n) is 7.59. The monoisotopic (exact) mass is 316 g/mol. The van der Waals surface area contributed by atoms with Crippen LogP contribution >= 0.6 is 11.3 Å². The van der Waals surface area contributed by atoms with Crippen LogP contribution in [0.5, 0.6) is 0 Å². The van der Waals surface area contributed by atoms with Crippen molar-refractivity contribution in [2.45, 2.75) is 25.8 Å². The molecule has 2 atom stereocenters. The highest BCUT2D eigenvalue weighted by atomic mass is 32.1. The Bertz CT molecular complexity index is 602. The van der Waals surface area contributed by atoms with Crippen LogP contribution in [0, 0.1) is 5.92 Å². The topological polar surface area (TPSA) is 58.1 Å². The van der Waals surface area contributed by atoms with Crippen molar-refractivity contribution in [1.82, 2.24) is 15.3 Å². The quantitative estimate of drug-likeness (QED) is 0.942. The average molecular weight is 316 g/mol. The van der Waals surface area contributed by atoms with Gasteiger partial charge in [0.15, 0.2) is 0 Å². The summed E-state index contributed by atoms with van der Waals surface area (Å²) < 4.78 is 0. The Morgan fingerprint density at radius 2 is 2.41 bits per heavy atom. The number of hydrogen-bond acceptors (Lipinski definition) is 5. The van der Waals surface area contributed by atoms with Crippen LogP contribution < -0.4 is 10.2 Å². The fourth-order valence-corrected chi connectivity index (χ4v) is 3.53. The molecule has 0 aromatic carbocycles. The molecule has 0 aliphatic carbocycles. The molecular formula is C16H20N4OS. The fourth-order valence-electron chi connectivity index (χ4n) is 2.79. The molecule has 2 aromatic heterocycles. The molecule has 6 heteroatoms. The standard InChI is InChI=1S/C16H20N4OS/c1-12(14-5-3-9-22-14)19-16(21)13-4-2-8-20(11-13)15-10-17-6-7-18-15/h3,5-7,9-10,12-13H,2,4,8,11H2,1H3,(H,19,21)/t12-,13-/m1/s1. The number of thiophene rings is 1. The maximum Gasteiger partial charge on any atom is 0.225 e. The molecule has 2 aromatic rings. The second-order valence-electron chi connectivity index (χ2n) is 5.59. The van der Waals surface area contributed by atoms with Gasteiger partial charge in [0.1, 0.15) is 5.82 Å². The Labute approximate surface area is 134 Å². The third-order valence-corrected chi connectivity index (χ3v) is 5.05. The number of hydrogen-bond donors (Lipinski definition) is 1.